The Hall–Kier alpha value is 0.700. The van der Waals surface area contributed by atoms with Gasteiger partial charge in [-0.25, -0.2) is 0 Å². The molecule has 0 fully saturated rings. The molecule has 2 unspecified atom stereocenters. The first-order valence-electron chi connectivity index (χ1n) is 5.64. The van der Waals surface area contributed by atoms with Gasteiger partial charge in [0.2, 0.25) is 0 Å². The maximum absolute atomic E-state index is 5.85. The molecule has 0 amide bonds. The van der Waals surface area contributed by atoms with Crippen LogP contribution in [0.15, 0.2) is 21.7 Å². The van der Waals surface area contributed by atoms with Crippen molar-refractivity contribution in [2.75, 3.05) is 12.4 Å². The van der Waals surface area contributed by atoms with E-state index in [9.17, 15) is 0 Å². The topological polar surface area (TPSA) is 18.5 Å². The van der Waals surface area contributed by atoms with Gasteiger partial charge in [-0.1, -0.05) is 22.6 Å². The van der Waals surface area contributed by atoms with Crippen LogP contribution in [0.3, 0.4) is 0 Å². The minimum absolute atomic E-state index is 0.164. The predicted molar refractivity (Wildman–Crippen MR) is 84.5 cm³/mol. The lowest BCUT2D eigenvalue weighted by Gasteiger charge is -2.20. The fourth-order valence-electron chi connectivity index (χ4n) is 1.27. The summed E-state index contributed by atoms with van der Waals surface area (Å²) in [4.78, 5) is 1.31. The van der Waals surface area contributed by atoms with Crippen LogP contribution in [0.5, 0.6) is 0 Å². The van der Waals surface area contributed by atoms with E-state index in [4.69, 9.17) is 9.47 Å². The second-order valence-electron chi connectivity index (χ2n) is 3.95. The Morgan fingerprint density at radius 3 is 2.71 bits per heavy atom. The molecule has 0 saturated carbocycles. The van der Waals surface area contributed by atoms with Crippen LogP contribution in [-0.2, 0) is 9.47 Å². The van der Waals surface area contributed by atoms with E-state index in [0.29, 0.717) is 6.61 Å². The zero-order chi connectivity index (χ0) is 12.7. The molecule has 1 heterocycles. The standard InChI is InChI=1S/C12H19IO2S2/c1-9(2)15-11(6-14-10(3)13)7-17-12-4-5-16-8-12/h4-5,8-11H,6-7H2,1-3H3. The number of rotatable bonds is 8. The summed E-state index contributed by atoms with van der Waals surface area (Å²) < 4.78 is 11.7. The van der Waals surface area contributed by atoms with Crippen molar-refractivity contribution in [2.45, 2.75) is 42.0 Å². The van der Waals surface area contributed by atoms with Crippen LogP contribution in [-0.4, -0.2) is 28.7 Å². The molecular weight excluding hydrogens is 367 g/mol. The Kier molecular flexibility index (Phi) is 8.10. The van der Waals surface area contributed by atoms with E-state index < -0.39 is 0 Å². The number of thioether (sulfide) groups is 1. The maximum Gasteiger partial charge on any atom is 0.106 e. The monoisotopic (exact) mass is 386 g/mol. The highest BCUT2D eigenvalue weighted by Crippen LogP contribution is 2.22. The van der Waals surface area contributed by atoms with Gasteiger partial charge in [0.05, 0.1) is 18.8 Å². The number of hydrogen-bond donors (Lipinski definition) is 0. The summed E-state index contributed by atoms with van der Waals surface area (Å²) in [7, 11) is 0. The smallest absolute Gasteiger partial charge is 0.106 e. The van der Waals surface area contributed by atoms with Gasteiger partial charge in [-0.2, -0.15) is 11.3 Å². The fourth-order valence-corrected chi connectivity index (χ4v) is 3.24. The van der Waals surface area contributed by atoms with Crippen molar-refractivity contribution in [3.05, 3.63) is 16.8 Å². The van der Waals surface area contributed by atoms with Crippen LogP contribution in [0.2, 0.25) is 0 Å². The Balaban J connectivity index is 2.34. The molecule has 1 rings (SSSR count). The summed E-state index contributed by atoms with van der Waals surface area (Å²) in [5.41, 5.74) is 0. The molecule has 0 aliphatic carbocycles. The van der Waals surface area contributed by atoms with E-state index >= 15 is 0 Å². The predicted octanol–water partition coefficient (Wildman–Crippen LogP) is 4.43. The largest absolute Gasteiger partial charge is 0.372 e. The van der Waals surface area contributed by atoms with Gasteiger partial charge < -0.3 is 9.47 Å². The van der Waals surface area contributed by atoms with Crippen molar-refractivity contribution >= 4 is 45.7 Å². The highest BCUT2D eigenvalue weighted by Gasteiger charge is 2.13. The van der Waals surface area contributed by atoms with Gasteiger partial charge in [-0.15, -0.1) is 11.8 Å². The zero-order valence-corrected chi connectivity index (χ0v) is 14.2. The van der Waals surface area contributed by atoms with E-state index in [1.54, 1.807) is 11.3 Å². The Bertz CT molecular complexity index is 289. The zero-order valence-electron chi connectivity index (χ0n) is 10.4. The van der Waals surface area contributed by atoms with E-state index in [2.05, 4.69) is 53.3 Å². The lowest BCUT2D eigenvalue weighted by molar-refractivity contribution is -0.0328. The van der Waals surface area contributed by atoms with Crippen LogP contribution in [0, 0.1) is 0 Å². The van der Waals surface area contributed by atoms with Gasteiger partial charge in [0.1, 0.15) is 4.11 Å². The van der Waals surface area contributed by atoms with Crippen molar-refractivity contribution in [1.29, 1.82) is 0 Å². The molecule has 98 valence electrons. The summed E-state index contributed by atoms with van der Waals surface area (Å²) in [6.45, 7) is 6.84. The van der Waals surface area contributed by atoms with Crippen LogP contribution in [0.4, 0.5) is 0 Å². The molecule has 0 aromatic carbocycles. The van der Waals surface area contributed by atoms with E-state index in [0.717, 1.165) is 5.75 Å². The fraction of sp³-hybridized carbons (Fsp3) is 0.667. The summed E-state index contributed by atoms with van der Waals surface area (Å²) in [6, 6.07) is 2.14. The molecule has 2 atom stereocenters. The van der Waals surface area contributed by atoms with Crippen molar-refractivity contribution in [2.24, 2.45) is 0 Å². The second kappa shape index (κ2) is 8.74. The average molecular weight is 386 g/mol. The Labute approximate surface area is 126 Å². The molecule has 1 aromatic rings. The molecule has 0 spiro atoms. The molecule has 0 aliphatic heterocycles. The van der Waals surface area contributed by atoms with Crippen LogP contribution in [0.25, 0.3) is 0 Å². The van der Waals surface area contributed by atoms with Crippen LogP contribution < -0.4 is 0 Å². The van der Waals surface area contributed by atoms with Crippen molar-refractivity contribution in [3.8, 4) is 0 Å². The molecule has 0 radical (unpaired) electrons. The van der Waals surface area contributed by atoms with Gasteiger partial charge in [-0.3, -0.25) is 0 Å². The minimum Gasteiger partial charge on any atom is -0.372 e. The summed E-state index contributed by atoms with van der Waals surface area (Å²) in [6.07, 6.45) is 0.410. The number of thiophene rings is 1. The maximum atomic E-state index is 5.85. The summed E-state index contributed by atoms with van der Waals surface area (Å²) >= 11 is 5.83. The van der Waals surface area contributed by atoms with Gasteiger partial charge in [0.15, 0.2) is 0 Å². The molecule has 0 saturated heterocycles. The van der Waals surface area contributed by atoms with Gasteiger partial charge >= 0.3 is 0 Å². The first-order valence-corrected chi connectivity index (χ1v) is 8.81. The third-order valence-corrected chi connectivity index (χ3v) is 4.23. The third kappa shape index (κ3) is 7.66. The third-order valence-electron chi connectivity index (χ3n) is 1.91. The normalized spacial score (nSPS) is 15.1. The molecule has 5 heteroatoms. The number of halogens is 1. The van der Waals surface area contributed by atoms with Gasteiger partial charge in [0.25, 0.3) is 0 Å². The minimum atomic E-state index is 0.164. The summed E-state index contributed by atoms with van der Waals surface area (Å²) in [5.74, 6) is 0.943. The van der Waals surface area contributed by atoms with Gasteiger partial charge in [-0.05, 0) is 32.2 Å². The van der Waals surface area contributed by atoms with Crippen molar-refractivity contribution < 1.29 is 9.47 Å². The SMILES string of the molecule is CC(C)OC(COC(C)I)CSc1ccsc1. The molecular formula is C12H19IO2S2. The van der Waals surface area contributed by atoms with Gasteiger partial charge in [0, 0.05) is 16.0 Å². The molecule has 1 aromatic heterocycles. The summed E-state index contributed by atoms with van der Waals surface area (Å²) in [5, 5.41) is 4.27. The first-order chi connectivity index (χ1) is 8.08. The van der Waals surface area contributed by atoms with Crippen molar-refractivity contribution in [3.63, 3.8) is 0 Å². The second-order valence-corrected chi connectivity index (χ2v) is 7.58. The average Bonchev–Trinajstić information content (AvgIpc) is 2.74. The Morgan fingerprint density at radius 2 is 2.18 bits per heavy atom. The lowest BCUT2D eigenvalue weighted by atomic mass is 10.4. The molecule has 0 N–H and O–H groups in total. The van der Waals surface area contributed by atoms with E-state index in [1.807, 2.05) is 18.7 Å². The molecule has 0 aliphatic rings. The first kappa shape index (κ1) is 15.8. The lowest BCUT2D eigenvalue weighted by Crippen LogP contribution is -2.26. The number of ether oxygens (including phenoxy) is 2. The number of alkyl halides is 1. The number of hydrogen-bond acceptors (Lipinski definition) is 4. The highest BCUT2D eigenvalue weighted by molar-refractivity contribution is 14.1. The van der Waals surface area contributed by atoms with E-state index in [-0.39, 0.29) is 16.3 Å². The molecule has 17 heavy (non-hydrogen) atoms. The molecule has 2 nitrogen and oxygen atoms in total. The molecule has 0 bridgehead atoms. The van der Waals surface area contributed by atoms with E-state index in [1.165, 1.54) is 4.90 Å². The van der Waals surface area contributed by atoms with Crippen LogP contribution in [0.1, 0.15) is 20.8 Å². The van der Waals surface area contributed by atoms with Crippen molar-refractivity contribution in [1.82, 2.24) is 0 Å². The highest BCUT2D eigenvalue weighted by atomic mass is 127. The Morgan fingerprint density at radius 1 is 1.41 bits per heavy atom. The quantitative estimate of drug-likeness (QED) is 0.374. The van der Waals surface area contributed by atoms with Crippen LogP contribution >= 0.6 is 45.7 Å².